The van der Waals surface area contributed by atoms with Crippen LogP contribution in [0.4, 0.5) is 10.3 Å². The number of carbonyl (C=O) groups is 1. The van der Waals surface area contributed by atoms with Crippen molar-refractivity contribution in [3.8, 4) is 17.1 Å². The van der Waals surface area contributed by atoms with Gasteiger partial charge in [-0.15, -0.1) is 5.10 Å². The Balaban J connectivity index is 1.65. The fourth-order valence-electron chi connectivity index (χ4n) is 2.04. The van der Waals surface area contributed by atoms with Gasteiger partial charge in [0.2, 0.25) is 5.95 Å². The minimum absolute atomic E-state index is 0.0140. The zero-order valence-electron chi connectivity index (χ0n) is 12.9. The zero-order chi connectivity index (χ0) is 16.9. The van der Waals surface area contributed by atoms with Crippen LogP contribution in [0.25, 0.3) is 11.4 Å². The second kappa shape index (κ2) is 6.91. The second-order valence-corrected chi connectivity index (χ2v) is 5.05. The number of para-hydroxylation sites is 1. The summed E-state index contributed by atoms with van der Waals surface area (Å²) in [6.45, 7) is 1.52. The number of amides is 1. The molecule has 1 heterocycles. The molecule has 0 saturated heterocycles. The molecule has 3 rings (SSSR count). The third kappa shape index (κ3) is 3.57. The number of halogens is 1. The number of H-pyrrole nitrogens is 1. The molecule has 6 nitrogen and oxygen atoms in total. The van der Waals surface area contributed by atoms with Crippen LogP contribution in [-0.4, -0.2) is 27.2 Å². The maximum atomic E-state index is 13.5. The van der Waals surface area contributed by atoms with Crippen LogP contribution in [0.5, 0.6) is 5.75 Å². The standard InChI is InChI=1S/C17H15FN4O2/c1-11(24-14-10-6-5-9-13(14)18)16(23)20-17-19-15(21-22-17)12-7-3-2-4-8-12/h2-11H,1H3,(H2,19,20,21,22,23)/t11-/m0/s1. The Morgan fingerprint density at radius 3 is 2.62 bits per heavy atom. The predicted molar refractivity (Wildman–Crippen MR) is 86.9 cm³/mol. The van der Waals surface area contributed by atoms with E-state index in [9.17, 15) is 9.18 Å². The first-order chi connectivity index (χ1) is 11.6. The lowest BCUT2D eigenvalue weighted by Crippen LogP contribution is -2.30. The fourth-order valence-corrected chi connectivity index (χ4v) is 2.04. The van der Waals surface area contributed by atoms with E-state index in [1.165, 1.54) is 19.1 Å². The van der Waals surface area contributed by atoms with Crippen molar-refractivity contribution >= 4 is 11.9 Å². The molecule has 7 heteroatoms. The van der Waals surface area contributed by atoms with Gasteiger partial charge in [-0.05, 0) is 19.1 Å². The van der Waals surface area contributed by atoms with Crippen molar-refractivity contribution < 1.29 is 13.9 Å². The highest BCUT2D eigenvalue weighted by molar-refractivity contribution is 5.92. The van der Waals surface area contributed by atoms with Gasteiger partial charge in [0.15, 0.2) is 23.5 Å². The van der Waals surface area contributed by atoms with E-state index in [-0.39, 0.29) is 11.7 Å². The van der Waals surface area contributed by atoms with Crippen molar-refractivity contribution in [1.82, 2.24) is 15.2 Å². The van der Waals surface area contributed by atoms with Gasteiger partial charge in [0.25, 0.3) is 5.91 Å². The van der Waals surface area contributed by atoms with Crippen LogP contribution >= 0.6 is 0 Å². The van der Waals surface area contributed by atoms with Crippen LogP contribution in [0.3, 0.4) is 0 Å². The summed E-state index contributed by atoms with van der Waals surface area (Å²) in [6.07, 6.45) is -0.902. The summed E-state index contributed by atoms with van der Waals surface area (Å²) in [5, 5.41) is 9.22. The Hall–Kier alpha value is -3.22. The summed E-state index contributed by atoms with van der Waals surface area (Å²) in [4.78, 5) is 16.3. The number of benzene rings is 2. The van der Waals surface area contributed by atoms with E-state index in [0.29, 0.717) is 5.82 Å². The smallest absolute Gasteiger partial charge is 0.267 e. The largest absolute Gasteiger partial charge is 0.478 e. The molecule has 0 spiro atoms. The molecule has 1 aromatic heterocycles. The minimum Gasteiger partial charge on any atom is -0.478 e. The minimum atomic E-state index is -0.902. The Bertz CT molecular complexity index is 835. The van der Waals surface area contributed by atoms with Gasteiger partial charge in [0.1, 0.15) is 0 Å². The summed E-state index contributed by atoms with van der Waals surface area (Å²) >= 11 is 0. The average molecular weight is 326 g/mol. The van der Waals surface area contributed by atoms with Crippen LogP contribution in [0.1, 0.15) is 6.92 Å². The second-order valence-electron chi connectivity index (χ2n) is 5.05. The van der Waals surface area contributed by atoms with Gasteiger partial charge in [-0.1, -0.05) is 42.5 Å². The average Bonchev–Trinajstić information content (AvgIpc) is 3.06. The number of aromatic amines is 1. The Labute approximate surface area is 137 Å². The Kier molecular flexibility index (Phi) is 4.51. The maximum Gasteiger partial charge on any atom is 0.267 e. The predicted octanol–water partition coefficient (Wildman–Crippen LogP) is 3.02. The summed E-state index contributed by atoms with van der Waals surface area (Å²) < 4.78 is 18.9. The van der Waals surface area contributed by atoms with E-state index < -0.39 is 17.8 Å². The number of nitrogens with one attached hydrogen (secondary N) is 2. The third-order valence-corrected chi connectivity index (χ3v) is 3.28. The first-order valence-corrected chi connectivity index (χ1v) is 7.33. The monoisotopic (exact) mass is 326 g/mol. The lowest BCUT2D eigenvalue weighted by atomic mass is 10.2. The van der Waals surface area contributed by atoms with Crippen LogP contribution in [0.15, 0.2) is 54.6 Å². The third-order valence-electron chi connectivity index (χ3n) is 3.28. The van der Waals surface area contributed by atoms with Crippen molar-refractivity contribution in [2.24, 2.45) is 0 Å². The Morgan fingerprint density at radius 2 is 1.88 bits per heavy atom. The zero-order valence-corrected chi connectivity index (χ0v) is 12.9. The van der Waals surface area contributed by atoms with Crippen LogP contribution in [0, 0.1) is 5.82 Å². The van der Waals surface area contributed by atoms with E-state index in [0.717, 1.165) is 5.56 Å². The van der Waals surface area contributed by atoms with E-state index in [1.807, 2.05) is 30.3 Å². The topological polar surface area (TPSA) is 79.9 Å². The van der Waals surface area contributed by atoms with Crippen molar-refractivity contribution in [1.29, 1.82) is 0 Å². The molecule has 1 atom stereocenters. The van der Waals surface area contributed by atoms with Crippen LogP contribution in [-0.2, 0) is 4.79 Å². The molecule has 0 radical (unpaired) electrons. The van der Waals surface area contributed by atoms with Gasteiger partial charge >= 0.3 is 0 Å². The van der Waals surface area contributed by atoms with Crippen LogP contribution < -0.4 is 10.1 Å². The lowest BCUT2D eigenvalue weighted by molar-refractivity contribution is -0.122. The van der Waals surface area contributed by atoms with Crippen LogP contribution in [0.2, 0.25) is 0 Å². The SMILES string of the molecule is C[C@H](Oc1ccccc1F)C(=O)Nc1n[nH]c(-c2ccccc2)n1. The summed E-state index contributed by atoms with van der Waals surface area (Å²) in [6, 6.07) is 15.3. The number of carbonyl (C=O) groups excluding carboxylic acids is 1. The van der Waals surface area contributed by atoms with Gasteiger partial charge < -0.3 is 4.74 Å². The maximum absolute atomic E-state index is 13.5. The molecule has 0 aliphatic rings. The Morgan fingerprint density at radius 1 is 1.17 bits per heavy atom. The van der Waals surface area contributed by atoms with Crippen molar-refractivity contribution in [2.45, 2.75) is 13.0 Å². The summed E-state index contributed by atoms with van der Waals surface area (Å²) in [5.74, 6) is -0.324. The van der Waals surface area contributed by atoms with E-state index in [1.54, 1.807) is 12.1 Å². The quantitative estimate of drug-likeness (QED) is 0.755. The van der Waals surface area contributed by atoms with Crippen molar-refractivity contribution in [2.75, 3.05) is 5.32 Å². The lowest BCUT2D eigenvalue weighted by Gasteiger charge is -2.13. The van der Waals surface area contributed by atoms with Gasteiger partial charge in [0.05, 0.1) is 0 Å². The summed E-state index contributed by atoms with van der Waals surface area (Å²) in [7, 11) is 0. The number of ether oxygens (including phenoxy) is 1. The first kappa shape index (κ1) is 15.7. The number of rotatable bonds is 5. The highest BCUT2D eigenvalue weighted by Gasteiger charge is 2.18. The molecule has 0 unspecified atom stereocenters. The van der Waals surface area contributed by atoms with Crippen molar-refractivity contribution in [3.05, 3.63) is 60.4 Å². The van der Waals surface area contributed by atoms with Crippen molar-refractivity contribution in [3.63, 3.8) is 0 Å². The normalized spacial score (nSPS) is 11.8. The first-order valence-electron chi connectivity index (χ1n) is 7.33. The van der Waals surface area contributed by atoms with Gasteiger partial charge in [0, 0.05) is 5.56 Å². The number of anilines is 1. The van der Waals surface area contributed by atoms with Gasteiger partial charge in [-0.25, -0.2) is 4.39 Å². The molecule has 3 aromatic rings. The number of hydrogen-bond donors (Lipinski definition) is 2. The summed E-state index contributed by atoms with van der Waals surface area (Å²) in [5.41, 5.74) is 0.848. The molecule has 24 heavy (non-hydrogen) atoms. The molecular weight excluding hydrogens is 311 g/mol. The number of nitrogens with zero attached hydrogens (tertiary/aromatic N) is 2. The molecule has 0 aliphatic carbocycles. The number of aromatic nitrogens is 3. The molecule has 1 amide bonds. The molecule has 0 aliphatic heterocycles. The molecule has 0 saturated carbocycles. The molecule has 2 N–H and O–H groups in total. The van der Waals surface area contributed by atoms with E-state index in [4.69, 9.17) is 4.74 Å². The highest BCUT2D eigenvalue weighted by Crippen LogP contribution is 2.18. The number of hydrogen-bond acceptors (Lipinski definition) is 4. The van der Waals surface area contributed by atoms with E-state index >= 15 is 0 Å². The molecule has 122 valence electrons. The molecule has 0 bridgehead atoms. The molecular formula is C17H15FN4O2. The highest BCUT2D eigenvalue weighted by atomic mass is 19.1. The molecule has 0 fully saturated rings. The van der Waals surface area contributed by atoms with Gasteiger partial charge in [-0.3, -0.25) is 15.2 Å². The molecule has 2 aromatic carbocycles. The fraction of sp³-hybridized carbons (Fsp3) is 0.118. The van der Waals surface area contributed by atoms with E-state index in [2.05, 4.69) is 20.5 Å². The van der Waals surface area contributed by atoms with Gasteiger partial charge in [-0.2, -0.15) is 4.98 Å².